The van der Waals surface area contributed by atoms with E-state index in [1.807, 2.05) is 0 Å². The summed E-state index contributed by atoms with van der Waals surface area (Å²) in [6, 6.07) is 2.07. The van der Waals surface area contributed by atoms with Crippen molar-refractivity contribution in [2.75, 3.05) is 6.54 Å². The van der Waals surface area contributed by atoms with Gasteiger partial charge in [-0.2, -0.15) is 13.2 Å². The number of hydrogen-bond donors (Lipinski definition) is 0. The minimum absolute atomic E-state index is 0.0601. The van der Waals surface area contributed by atoms with Gasteiger partial charge >= 0.3 is 6.18 Å². The SMILES string of the molecule is CC(C)N(CC(F)(F)F)C(=O)c1cc(F)ccc1Oc1cnc[n+]([O-])c1. The molecule has 0 aliphatic carbocycles. The van der Waals surface area contributed by atoms with Crippen LogP contribution >= 0.6 is 0 Å². The summed E-state index contributed by atoms with van der Waals surface area (Å²) in [6.07, 6.45) is -1.50. The summed E-state index contributed by atoms with van der Waals surface area (Å²) >= 11 is 0. The lowest BCUT2D eigenvalue weighted by atomic mass is 10.1. The number of ether oxygens (including phenoxy) is 1. The van der Waals surface area contributed by atoms with Gasteiger partial charge in [0.2, 0.25) is 5.75 Å². The predicted molar refractivity (Wildman–Crippen MR) is 81.9 cm³/mol. The Kier molecular flexibility index (Phi) is 5.63. The molecular weight excluding hydrogens is 358 g/mol. The van der Waals surface area contributed by atoms with Crippen molar-refractivity contribution in [1.29, 1.82) is 0 Å². The quantitative estimate of drug-likeness (QED) is 0.459. The zero-order valence-corrected chi connectivity index (χ0v) is 13.8. The third-order valence-corrected chi connectivity index (χ3v) is 3.27. The summed E-state index contributed by atoms with van der Waals surface area (Å²) in [6.45, 7) is 1.32. The van der Waals surface area contributed by atoms with Crippen LogP contribution in [0.5, 0.6) is 11.5 Å². The van der Waals surface area contributed by atoms with Crippen LogP contribution in [0.15, 0.2) is 36.9 Å². The maximum absolute atomic E-state index is 13.6. The van der Waals surface area contributed by atoms with Crippen molar-refractivity contribution in [3.63, 3.8) is 0 Å². The number of benzene rings is 1. The first-order valence-corrected chi connectivity index (χ1v) is 7.46. The number of carbonyl (C=O) groups is 1. The first-order chi connectivity index (χ1) is 12.1. The van der Waals surface area contributed by atoms with Gasteiger partial charge in [0.1, 0.15) is 24.3 Å². The van der Waals surface area contributed by atoms with Crippen LogP contribution in [-0.2, 0) is 0 Å². The molecule has 6 nitrogen and oxygen atoms in total. The van der Waals surface area contributed by atoms with Crippen molar-refractivity contribution in [3.05, 3.63) is 53.5 Å². The number of halogens is 4. The Balaban J connectivity index is 2.40. The molecule has 0 unspecified atom stereocenters. The van der Waals surface area contributed by atoms with Crippen LogP contribution in [0.2, 0.25) is 0 Å². The summed E-state index contributed by atoms with van der Waals surface area (Å²) in [7, 11) is 0. The van der Waals surface area contributed by atoms with Crippen LogP contribution in [0.4, 0.5) is 17.6 Å². The second-order valence-corrected chi connectivity index (χ2v) is 5.67. The molecule has 0 aliphatic heterocycles. The van der Waals surface area contributed by atoms with Gasteiger partial charge < -0.3 is 14.8 Å². The molecular formula is C16H15F4N3O3. The molecule has 2 aromatic rings. The van der Waals surface area contributed by atoms with Gasteiger partial charge in [-0.1, -0.05) is 4.98 Å². The maximum Gasteiger partial charge on any atom is 0.406 e. The van der Waals surface area contributed by atoms with Crippen molar-refractivity contribution in [2.24, 2.45) is 0 Å². The molecule has 140 valence electrons. The van der Waals surface area contributed by atoms with E-state index in [1.54, 1.807) is 0 Å². The fourth-order valence-corrected chi connectivity index (χ4v) is 2.14. The lowest BCUT2D eigenvalue weighted by Crippen LogP contribution is -2.43. The van der Waals surface area contributed by atoms with Gasteiger partial charge in [0, 0.05) is 6.04 Å². The number of alkyl halides is 3. The fraction of sp³-hybridized carbons (Fsp3) is 0.312. The number of carbonyl (C=O) groups excluding carboxylic acids is 1. The molecule has 0 spiro atoms. The van der Waals surface area contributed by atoms with Crippen LogP contribution in [0.3, 0.4) is 0 Å². The molecule has 2 rings (SSSR count). The molecule has 0 radical (unpaired) electrons. The van der Waals surface area contributed by atoms with E-state index in [9.17, 15) is 27.6 Å². The summed E-state index contributed by atoms with van der Waals surface area (Å²) in [5, 5.41) is 11.2. The molecule has 0 bridgehead atoms. The molecule has 0 fully saturated rings. The number of rotatable bonds is 5. The van der Waals surface area contributed by atoms with Crippen LogP contribution in [0, 0.1) is 11.0 Å². The minimum atomic E-state index is -4.62. The largest absolute Gasteiger partial charge is 0.711 e. The van der Waals surface area contributed by atoms with E-state index in [0.717, 1.165) is 30.7 Å². The highest BCUT2D eigenvalue weighted by Gasteiger charge is 2.35. The Morgan fingerprint density at radius 3 is 2.65 bits per heavy atom. The average Bonchev–Trinajstić information content (AvgIpc) is 2.53. The van der Waals surface area contributed by atoms with Crippen molar-refractivity contribution in [3.8, 4) is 11.5 Å². The molecule has 0 saturated carbocycles. The Bertz CT molecular complexity index is 797. The van der Waals surface area contributed by atoms with Crippen LogP contribution in [-0.4, -0.2) is 34.6 Å². The second-order valence-electron chi connectivity index (χ2n) is 5.67. The second kappa shape index (κ2) is 7.54. The molecule has 0 aliphatic rings. The monoisotopic (exact) mass is 373 g/mol. The number of aromatic nitrogens is 2. The Morgan fingerprint density at radius 2 is 2.08 bits per heavy atom. The number of hydrogen-bond acceptors (Lipinski definition) is 4. The van der Waals surface area contributed by atoms with Gasteiger partial charge in [-0.15, -0.1) is 0 Å². The van der Waals surface area contributed by atoms with E-state index in [4.69, 9.17) is 4.74 Å². The van der Waals surface area contributed by atoms with E-state index >= 15 is 0 Å². The third-order valence-electron chi connectivity index (χ3n) is 3.27. The maximum atomic E-state index is 13.6. The normalized spacial score (nSPS) is 11.5. The van der Waals surface area contributed by atoms with Crippen molar-refractivity contribution >= 4 is 5.91 Å². The highest BCUT2D eigenvalue weighted by Crippen LogP contribution is 2.28. The molecule has 1 aromatic carbocycles. The zero-order valence-electron chi connectivity index (χ0n) is 13.8. The predicted octanol–water partition coefficient (Wildman–Crippen LogP) is 3.06. The van der Waals surface area contributed by atoms with E-state index in [1.165, 1.54) is 20.0 Å². The smallest absolute Gasteiger partial charge is 0.406 e. The van der Waals surface area contributed by atoms with Crippen molar-refractivity contribution < 1.29 is 31.8 Å². The highest BCUT2D eigenvalue weighted by molar-refractivity contribution is 5.97. The summed E-state index contributed by atoms with van der Waals surface area (Å²) in [5.41, 5.74) is -0.399. The topological polar surface area (TPSA) is 69.4 Å². The van der Waals surface area contributed by atoms with Crippen molar-refractivity contribution in [2.45, 2.75) is 26.1 Å². The Morgan fingerprint density at radius 1 is 1.38 bits per heavy atom. The molecule has 0 saturated heterocycles. The third kappa shape index (κ3) is 5.04. The van der Waals surface area contributed by atoms with E-state index in [-0.39, 0.29) is 11.5 Å². The summed E-state index contributed by atoms with van der Waals surface area (Å²) in [4.78, 5) is 16.7. The Hall–Kier alpha value is -2.91. The Labute approximate surface area is 146 Å². The first kappa shape index (κ1) is 19.4. The first-order valence-electron chi connectivity index (χ1n) is 7.46. The lowest BCUT2D eigenvalue weighted by molar-refractivity contribution is -0.609. The van der Waals surface area contributed by atoms with Gasteiger partial charge in [0.15, 0.2) is 6.20 Å². The molecule has 0 N–H and O–H groups in total. The lowest BCUT2D eigenvalue weighted by Gasteiger charge is -2.28. The molecule has 1 amide bonds. The molecule has 10 heteroatoms. The van der Waals surface area contributed by atoms with E-state index in [0.29, 0.717) is 9.63 Å². The summed E-state index contributed by atoms with van der Waals surface area (Å²) in [5.74, 6) is -2.13. The van der Waals surface area contributed by atoms with Gasteiger partial charge in [0.05, 0.1) is 5.56 Å². The van der Waals surface area contributed by atoms with Gasteiger partial charge in [0.25, 0.3) is 12.2 Å². The fourth-order valence-electron chi connectivity index (χ4n) is 2.14. The minimum Gasteiger partial charge on any atom is -0.711 e. The van der Waals surface area contributed by atoms with Crippen LogP contribution < -0.4 is 9.47 Å². The summed E-state index contributed by atoms with van der Waals surface area (Å²) < 4.78 is 57.6. The average molecular weight is 373 g/mol. The van der Waals surface area contributed by atoms with Gasteiger partial charge in [-0.05, 0) is 32.0 Å². The standard InChI is InChI=1S/C16H15F4N3O3/c1-10(2)23(8-16(18,19)20)15(24)13-5-11(17)3-4-14(13)26-12-6-21-9-22(25)7-12/h3-7,9-10H,8H2,1-2H3. The number of nitrogens with zero attached hydrogens (tertiary/aromatic N) is 3. The molecule has 0 atom stereocenters. The van der Waals surface area contributed by atoms with E-state index < -0.39 is 36.1 Å². The van der Waals surface area contributed by atoms with Crippen LogP contribution in [0.1, 0.15) is 24.2 Å². The van der Waals surface area contributed by atoms with Crippen molar-refractivity contribution in [1.82, 2.24) is 9.88 Å². The number of amides is 1. The van der Waals surface area contributed by atoms with Gasteiger partial charge in [-0.3, -0.25) is 4.79 Å². The zero-order chi connectivity index (χ0) is 19.5. The molecule has 26 heavy (non-hydrogen) atoms. The van der Waals surface area contributed by atoms with Crippen LogP contribution in [0.25, 0.3) is 0 Å². The highest BCUT2D eigenvalue weighted by atomic mass is 19.4. The van der Waals surface area contributed by atoms with E-state index in [2.05, 4.69) is 4.98 Å². The molecule has 1 aromatic heterocycles. The van der Waals surface area contributed by atoms with Gasteiger partial charge in [-0.25, -0.2) is 9.12 Å². The molecule has 1 heterocycles.